The fourth-order valence-electron chi connectivity index (χ4n) is 2.41. The molecule has 0 atom stereocenters. The molecule has 0 spiro atoms. The number of hydrogen-bond donors (Lipinski definition) is 3. The van der Waals surface area contributed by atoms with Gasteiger partial charge in [0, 0.05) is 18.5 Å². The monoisotopic (exact) mass is 270 g/mol. The average molecular weight is 270 g/mol. The Morgan fingerprint density at radius 1 is 1.35 bits per heavy atom. The summed E-state index contributed by atoms with van der Waals surface area (Å²) < 4.78 is 0. The first-order valence-electron chi connectivity index (χ1n) is 6.90. The molecule has 0 saturated carbocycles. The van der Waals surface area contributed by atoms with Gasteiger partial charge in [0.1, 0.15) is 0 Å². The van der Waals surface area contributed by atoms with E-state index in [1.165, 1.54) is 5.57 Å². The number of nitrogens with zero attached hydrogens (tertiary/aromatic N) is 1. The first-order chi connectivity index (χ1) is 9.83. The van der Waals surface area contributed by atoms with E-state index < -0.39 is 0 Å². The van der Waals surface area contributed by atoms with Gasteiger partial charge in [-0.1, -0.05) is 29.8 Å². The maximum atomic E-state index is 12.0. The maximum absolute atomic E-state index is 12.0. The van der Waals surface area contributed by atoms with Gasteiger partial charge in [0.15, 0.2) is 0 Å². The zero-order chi connectivity index (χ0) is 13.8. The van der Waals surface area contributed by atoms with E-state index in [-0.39, 0.29) is 5.91 Å². The normalized spacial score (nSPS) is 15.1. The molecule has 0 saturated heterocycles. The topological polar surface area (TPSA) is 69.8 Å². The summed E-state index contributed by atoms with van der Waals surface area (Å²) in [5.41, 5.74) is 3.07. The zero-order valence-corrected chi connectivity index (χ0v) is 11.3. The van der Waals surface area contributed by atoms with Crippen molar-refractivity contribution < 1.29 is 4.79 Å². The smallest absolute Gasteiger partial charge is 0.226 e. The fraction of sp³-hybridized carbons (Fsp3) is 0.333. The highest BCUT2D eigenvalue weighted by Crippen LogP contribution is 2.15. The van der Waals surface area contributed by atoms with Crippen molar-refractivity contribution in [2.24, 2.45) is 0 Å². The van der Waals surface area contributed by atoms with E-state index in [1.54, 1.807) is 0 Å². The highest BCUT2D eigenvalue weighted by molar-refractivity contribution is 5.87. The van der Waals surface area contributed by atoms with Crippen LogP contribution in [-0.2, 0) is 11.2 Å². The number of amides is 1. The molecule has 0 fully saturated rings. The van der Waals surface area contributed by atoms with Gasteiger partial charge < -0.3 is 10.6 Å². The first-order valence-corrected chi connectivity index (χ1v) is 6.90. The summed E-state index contributed by atoms with van der Waals surface area (Å²) in [5, 5.41) is 14.4. The Morgan fingerprint density at radius 2 is 2.25 bits per heavy atom. The molecule has 3 rings (SSSR count). The zero-order valence-electron chi connectivity index (χ0n) is 11.3. The number of benzene rings is 1. The third-order valence-corrected chi connectivity index (χ3v) is 3.55. The SMILES string of the molecule is O=C(Cc1[nH]nc2ccccc12)NCC1=CCNCC1. The maximum Gasteiger partial charge on any atom is 0.226 e. The van der Waals surface area contributed by atoms with Crippen LogP contribution < -0.4 is 10.6 Å². The number of carbonyl (C=O) groups excluding carboxylic acids is 1. The van der Waals surface area contributed by atoms with Crippen molar-refractivity contribution in [1.29, 1.82) is 0 Å². The minimum atomic E-state index is 0.0267. The largest absolute Gasteiger partial charge is 0.352 e. The molecule has 1 aromatic heterocycles. The van der Waals surface area contributed by atoms with Crippen LogP contribution in [0.15, 0.2) is 35.9 Å². The number of fused-ring (bicyclic) bond motifs is 1. The lowest BCUT2D eigenvalue weighted by Gasteiger charge is -2.14. The van der Waals surface area contributed by atoms with E-state index in [9.17, 15) is 4.79 Å². The van der Waals surface area contributed by atoms with Crippen molar-refractivity contribution >= 4 is 16.8 Å². The molecule has 0 unspecified atom stereocenters. The van der Waals surface area contributed by atoms with Gasteiger partial charge in [-0.3, -0.25) is 9.89 Å². The molecule has 104 valence electrons. The molecule has 2 aromatic rings. The second kappa shape index (κ2) is 5.88. The summed E-state index contributed by atoms with van der Waals surface area (Å²) in [6, 6.07) is 7.82. The van der Waals surface area contributed by atoms with Crippen LogP contribution in [0.3, 0.4) is 0 Å². The number of hydrogen-bond acceptors (Lipinski definition) is 3. The molecular formula is C15H18N4O. The molecule has 1 aliphatic heterocycles. The quantitative estimate of drug-likeness (QED) is 0.730. The second-order valence-corrected chi connectivity index (χ2v) is 4.99. The summed E-state index contributed by atoms with van der Waals surface area (Å²) in [7, 11) is 0. The van der Waals surface area contributed by atoms with Crippen molar-refractivity contribution in [2.45, 2.75) is 12.8 Å². The predicted octanol–water partition coefficient (Wildman–Crippen LogP) is 1.14. The minimum Gasteiger partial charge on any atom is -0.352 e. The Balaban J connectivity index is 1.60. The molecule has 1 aromatic carbocycles. The number of aromatic nitrogens is 2. The van der Waals surface area contributed by atoms with Crippen LogP contribution in [0.2, 0.25) is 0 Å². The average Bonchev–Trinajstić information content (AvgIpc) is 2.90. The molecule has 1 amide bonds. The number of para-hydroxylation sites is 1. The van der Waals surface area contributed by atoms with Crippen LogP contribution in [0.1, 0.15) is 12.1 Å². The van der Waals surface area contributed by atoms with Gasteiger partial charge in [0.25, 0.3) is 0 Å². The van der Waals surface area contributed by atoms with Gasteiger partial charge in [-0.25, -0.2) is 0 Å². The van der Waals surface area contributed by atoms with Crippen LogP contribution >= 0.6 is 0 Å². The number of carbonyl (C=O) groups is 1. The van der Waals surface area contributed by atoms with Crippen LogP contribution in [0.4, 0.5) is 0 Å². The number of aromatic amines is 1. The van der Waals surface area contributed by atoms with E-state index in [4.69, 9.17) is 0 Å². The van der Waals surface area contributed by atoms with Crippen molar-refractivity contribution in [1.82, 2.24) is 20.8 Å². The third kappa shape index (κ3) is 2.88. The van der Waals surface area contributed by atoms with Crippen LogP contribution in [0.25, 0.3) is 10.9 Å². The Hall–Kier alpha value is -2.14. The van der Waals surface area contributed by atoms with Gasteiger partial charge in [-0.05, 0) is 19.0 Å². The number of nitrogens with one attached hydrogen (secondary N) is 3. The number of H-pyrrole nitrogens is 1. The summed E-state index contributed by atoms with van der Waals surface area (Å²) >= 11 is 0. The number of rotatable bonds is 4. The first kappa shape index (κ1) is 12.9. The van der Waals surface area contributed by atoms with E-state index in [2.05, 4.69) is 26.9 Å². The van der Waals surface area contributed by atoms with Gasteiger partial charge in [0.05, 0.1) is 17.6 Å². The molecule has 2 heterocycles. The predicted molar refractivity (Wildman–Crippen MR) is 78.4 cm³/mol. The highest BCUT2D eigenvalue weighted by atomic mass is 16.1. The summed E-state index contributed by atoms with van der Waals surface area (Å²) in [5.74, 6) is 0.0267. The van der Waals surface area contributed by atoms with Gasteiger partial charge in [-0.2, -0.15) is 5.10 Å². The summed E-state index contributed by atoms with van der Waals surface area (Å²) in [6.07, 6.45) is 3.49. The molecule has 0 bridgehead atoms. The van der Waals surface area contributed by atoms with Gasteiger partial charge >= 0.3 is 0 Å². The Labute approximate surface area is 117 Å². The summed E-state index contributed by atoms with van der Waals surface area (Å²) in [4.78, 5) is 12.0. The standard InChI is InChI=1S/C15H18N4O/c20-15(17-10-11-5-7-16-8-6-11)9-14-12-3-1-2-4-13(12)18-19-14/h1-5,16H,6-10H2,(H,17,20)(H,18,19). The van der Waals surface area contributed by atoms with Crippen molar-refractivity contribution in [3.63, 3.8) is 0 Å². The summed E-state index contributed by atoms with van der Waals surface area (Å²) in [6.45, 7) is 2.54. The lowest BCUT2D eigenvalue weighted by molar-refractivity contribution is -0.120. The third-order valence-electron chi connectivity index (χ3n) is 3.55. The van der Waals surface area contributed by atoms with E-state index >= 15 is 0 Å². The molecule has 5 heteroatoms. The second-order valence-electron chi connectivity index (χ2n) is 4.99. The van der Waals surface area contributed by atoms with Crippen molar-refractivity contribution in [2.75, 3.05) is 19.6 Å². The Morgan fingerprint density at radius 3 is 3.10 bits per heavy atom. The minimum absolute atomic E-state index is 0.0267. The van der Waals surface area contributed by atoms with Crippen molar-refractivity contribution in [3.8, 4) is 0 Å². The molecule has 0 radical (unpaired) electrons. The van der Waals surface area contributed by atoms with Crippen LogP contribution in [0.5, 0.6) is 0 Å². The van der Waals surface area contributed by atoms with Crippen LogP contribution in [-0.4, -0.2) is 35.7 Å². The highest BCUT2D eigenvalue weighted by Gasteiger charge is 2.10. The van der Waals surface area contributed by atoms with Crippen molar-refractivity contribution in [3.05, 3.63) is 41.6 Å². The lowest BCUT2D eigenvalue weighted by Crippen LogP contribution is -2.30. The molecule has 5 nitrogen and oxygen atoms in total. The molecule has 3 N–H and O–H groups in total. The van der Waals surface area contributed by atoms with E-state index in [1.807, 2.05) is 24.3 Å². The van der Waals surface area contributed by atoms with Gasteiger partial charge in [-0.15, -0.1) is 0 Å². The van der Waals surface area contributed by atoms with E-state index in [0.29, 0.717) is 13.0 Å². The molecule has 0 aliphatic carbocycles. The Kier molecular flexibility index (Phi) is 3.78. The molecular weight excluding hydrogens is 252 g/mol. The van der Waals surface area contributed by atoms with Crippen LogP contribution in [0, 0.1) is 0 Å². The Bertz CT molecular complexity index is 644. The lowest BCUT2D eigenvalue weighted by atomic mass is 10.1. The molecule has 1 aliphatic rings. The van der Waals surface area contributed by atoms with Gasteiger partial charge in [0.2, 0.25) is 5.91 Å². The molecule has 20 heavy (non-hydrogen) atoms. The fourth-order valence-corrected chi connectivity index (χ4v) is 2.41. The van der Waals surface area contributed by atoms with E-state index in [0.717, 1.165) is 36.1 Å².